The fourth-order valence-corrected chi connectivity index (χ4v) is 10.8. The minimum atomic E-state index is -1.90. The molecule has 1 heterocycles. The van der Waals surface area contributed by atoms with E-state index in [0.29, 0.717) is 19.3 Å². The van der Waals surface area contributed by atoms with Crippen LogP contribution in [0.25, 0.3) is 0 Å². The lowest BCUT2D eigenvalue weighted by molar-refractivity contribution is -0.301. The summed E-state index contributed by atoms with van der Waals surface area (Å²) in [5.74, 6) is -3.09. The number of carboxylic acids is 1. The monoisotopic (exact) mass is 1170 g/mol. The van der Waals surface area contributed by atoms with Gasteiger partial charge in [-0.25, -0.2) is 4.79 Å². The highest BCUT2D eigenvalue weighted by molar-refractivity contribution is 5.74. The molecule has 3 N–H and O–H groups in total. The Morgan fingerprint density at radius 3 is 1.12 bits per heavy atom. The third kappa shape index (κ3) is 48.7. The average molecular weight is 1170 g/mol. The third-order valence-corrected chi connectivity index (χ3v) is 16.2. The molecule has 0 saturated carbocycles. The number of rotatable bonds is 61. The molecule has 484 valence electrons. The number of carboxylic acid groups (broad SMARTS) is 1. The summed E-state index contributed by atoms with van der Waals surface area (Å²) in [7, 11) is 0. The Labute approximate surface area is 508 Å². The van der Waals surface area contributed by atoms with Crippen LogP contribution >= 0.6 is 0 Å². The van der Waals surface area contributed by atoms with Crippen molar-refractivity contribution in [3.8, 4) is 0 Å². The summed E-state index contributed by atoms with van der Waals surface area (Å²) in [4.78, 5) is 51.5. The van der Waals surface area contributed by atoms with Gasteiger partial charge in [0.25, 0.3) is 0 Å². The highest BCUT2D eigenvalue weighted by Crippen LogP contribution is 2.27. The molecule has 0 radical (unpaired) electrons. The van der Waals surface area contributed by atoms with Gasteiger partial charge in [-0.15, -0.1) is 0 Å². The number of ether oxygens (including phenoxy) is 5. The molecule has 0 bridgehead atoms. The number of allylic oxidation sites excluding steroid dienone is 6. The van der Waals surface area contributed by atoms with Crippen LogP contribution in [0, 0.1) is 0 Å². The molecule has 6 unspecified atom stereocenters. The first kappa shape index (κ1) is 78.0. The van der Waals surface area contributed by atoms with Crippen molar-refractivity contribution in [2.75, 3.05) is 13.2 Å². The third-order valence-electron chi connectivity index (χ3n) is 16.2. The van der Waals surface area contributed by atoms with E-state index >= 15 is 0 Å². The van der Waals surface area contributed by atoms with Crippen molar-refractivity contribution >= 4 is 23.9 Å². The van der Waals surface area contributed by atoms with Gasteiger partial charge in [0.2, 0.25) is 0 Å². The van der Waals surface area contributed by atoms with Crippen molar-refractivity contribution in [1.82, 2.24) is 0 Å². The molecule has 1 aliphatic rings. The standard InChI is InChI=1S/C71H128O12/c1-4-7-10-13-16-19-22-25-28-31-32-35-38-41-44-47-50-53-56-59-65(74)82-69-67(76)66(75)68(70(77)78)83-71(69)80-61-62(81-64(73)58-55-52-49-46-43-40-37-34-30-27-24-21-18-15-12-9-6-3)60-79-63(72)57-54-51-48-45-42-39-36-33-29-26-23-20-17-14-11-8-5-2/h17,20,25-26,28-29,62,66-69,71,75-76H,4-16,18-19,21-24,27,30-61H2,1-3H3,(H,77,78)/b20-17-,28-25-,29-26-. The first-order valence-electron chi connectivity index (χ1n) is 35.0. The summed E-state index contributed by atoms with van der Waals surface area (Å²) in [6, 6.07) is 0. The largest absolute Gasteiger partial charge is 0.479 e. The van der Waals surface area contributed by atoms with Gasteiger partial charge in [-0.1, -0.05) is 282 Å². The summed E-state index contributed by atoms with van der Waals surface area (Å²) in [6.45, 7) is 6.03. The van der Waals surface area contributed by atoms with Crippen LogP contribution in [0.4, 0.5) is 0 Å². The fraction of sp³-hybridized carbons (Fsp3) is 0.859. The normalized spacial score (nSPS) is 17.7. The van der Waals surface area contributed by atoms with E-state index in [-0.39, 0.29) is 25.9 Å². The molecule has 1 rings (SSSR count). The van der Waals surface area contributed by atoms with Gasteiger partial charge in [0.1, 0.15) is 18.8 Å². The smallest absolute Gasteiger partial charge is 0.335 e. The van der Waals surface area contributed by atoms with Crippen LogP contribution in [0.5, 0.6) is 0 Å². The molecule has 0 spiro atoms. The zero-order valence-corrected chi connectivity index (χ0v) is 53.7. The predicted molar refractivity (Wildman–Crippen MR) is 340 cm³/mol. The maximum atomic E-state index is 13.2. The predicted octanol–water partition coefficient (Wildman–Crippen LogP) is 19.1. The van der Waals surface area contributed by atoms with E-state index in [2.05, 4.69) is 57.2 Å². The molecule has 83 heavy (non-hydrogen) atoms. The minimum Gasteiger partial charge on any atom is -0.479 e. The number of aliphatic hydroxyl groups excluding tert-OH is 2. The molecular formula is C71H128O12. The van der Waals surface area contributed by atoms with Crippen LogP contribution < -0.4 is 0 Å². The Balaban J connectivity index is 2.62. The minimum absolute atomic E-state index is 0.0614. The first-order chi connectivity index (χ1) is 40.6. The van der Waals surface area contributed by atoms with Gasteiger partial charge < -0.3 is 39.0 Å². The summed E-state index contributed by atoms with van der Waals surface area (Å²) in [6.07, 6.45) is 59.5. The molecule has 0 amide bonds. The molecule has 1 fully saturated rings. The number of esters is 3. The van der Waals surface area contributed by atoms with Gasteiger partial charge in [-0.3, -0.25) is 14.4 Å². The number of unbranched alkanes of at least 4 members (excludes halogenated alkanes) is 41. The van der Waals surface area contributed by atoms with E-state index in [0.717, 1.165) is 89.9 Å². The Morgan fingerprint density at radius 2 is 0.723 bits per heavy atom. The van der Waals surface area contributed by atoms with Crippen LogP contribution in [-0.4, -0.2) is 89.2 Å². The SMILES string of the molecule is CCCCC/C=C\C/C=C\CCCCCCCCCC(=O)OCC(COC1OC(C(=O)O)C(O)C(O)C1OC(=O)CCCCCCCCCCC/C=C\CCCCCCCC)OC(=O)CCCCCCCCCCCCCCCCCCC. The van der Waals surface area contributed by atoms with Crippen molar-refractivity contribution < 1.29 is 58.2 Å². The molecule has 6 atom stereocenters. The van der Waals surface area contributed by atoms with Crippen molar-refractivity contribution in [2.24, 2.45) is 0 Å². The zero-order valence-electron chi connectivity index (χ0n) is 53.7. The first-order valence-corrected chi connectivity index (χ1v) is 35.0. The number of carbonyl (C=O) groups is 4. The Hall–Kier alpha value is -3.06. The van der Waals surface area contributed by atoms with Crippen LogP contribution in [0.1, 0.15) is 342 Å². The molecule has 0 aromatic rings. The van der Waals surface area contributed by atoms with Gasteiger partial charge in [0, 0.05) is 19.3 Å². The lowest BCUT2D eigenvalue weighted by atomic mass is 9.98. The highest BCUT2D eigenvalue weighted by atomic mass is 16.7. The van der Waals surface area contributed by atoms with Crippen LogP contribution in [-0.2, 0) is 42.9 Å². The maximum absolute atomic E-state index is 13.2. The Bertz CT molecular complexity index is 1580. The molecule has 0 aliphatic carbocycles. The van der Waals surface area contributed by atoms with Crippen LogP contribution in [0.2, 0.25) is 0 Å². The summed E-state index contributed by atoms with van der Waals surface area (Å²) in [5.41, 5.74) is 0. The van der Waals surface area contributed by atoms with E-state index in [1.807, 2.05) is 0 Å². The maximum Gasteiger partial charge on any atom is 0.335 e. The topological polar surface area (TPSA) is 175 Å². The van der Waals surface area contributed by atoms with Crippen molar-refractivity contribution in [1.29, 1.82) is 0 Å². The number of aliphatic hydroxyl groups is 2. The Morgan fingerprint density at radius 1 is 0.398 bits per heavy atom. The summed E-state index contributed by atoms with van der Waals surface area (Å²) >= 11 is 0. The lowest BCUT2D eigenvalue weighted by Gasteiger charge is -2.40. The zero-order chi connectivity index (χ0) is 60.3. The van der Waals surface area contributed by atoms with E-state index in [1.165, 1.54) is 193 Å². The van der Waals surface area contributed by atoms with E-state index in [9.17, 15) is 34.5 Å². The quantitative estimate of drug-likeness (QED) is 0.0228. The van der Waals surface area contributed by atoms with Crippen molar-refractivity contribution in [3.05, 3.63) is 36.5 Å². The van der Waals surface area contributed by atoms with Crippen LogP contribution in [0.15, 0.2) is 36.5 Å². The molecule has 12 heteroatoms. The van der Waals surface area contributed by atoms with Gasteiger partial charge in [-0.05, 0) is 77.0 Å². The fourth-order valence-electron chi connectivity index (χ4n) is 10.8. The Kier molecular flexibility index (Phi) is 55.7. The van der Waals surface area contributed by atoms with Crippen molar-refractivity contribution in [3.63, 3.8) is 0 Å². The van der Waals surface area contributed by atoms with E-state index in [1.54, 1.807) is 0 Å². The summed E-state index contributed by atoms with van der Waals surface area (Å²) in [5, 5.41) is 31.7. The van der Waals surface area contributed by atoms with E-state index < -0.39 is 67.3 Å². The number of hydrogen-bond donors (Lipinski definition) is 3. The molecule has 12 nitrogen and oxygen atoms in total. The second-order valence-electron chi connectivity index (χ2n) is 24.2. The number of aliphatic carboxylic acids is 1. The van der Waals surface area contributed by atoms with Gasteiger partial charge in [0.05, 0.1) is 6.61 Å². The van der Waals surface area contributed by atoms with Gasteiger partial charge in [0.15, 0.2) is 24.6 Å². The molecule has 0 aromatic carbocycles. The molecule has 1 saturated heterocycles. The van der Waals surface area contributed by atoms with Crippen LogP contribution in [0.3, 0.4) is 0 Å². The molecular weight excluding hydrogens is 1040 g/mol. The number of hydrogen-bond acceptors (Lipinski definition) is 11. The summed E-state index contributed by atoms with van der Waals surface area (Å²) < 4.78 is 28.6. The second kappa shape index (κ2) is 59.3. The molecule has 0 aromatic heterocycles. The average Bonchev–Trinajstić information content (AvgIpc) is 3.58. The van der Waals surface area contributed by atoms with Crippen molar-refractivity contribution in [2.45, 2.75) is 379 Å². The lowest BCUT2D eigenvalue weighted by Crippen LogP contribution is -2.61. The highest BCUT2D eigenvalue weighted by Gasteiger charge is 2.50. The second-order valence-corrected chi connectivity index (χ2v) is 24.2. The number of carbonyl (C=O) groups excluding carboxylic acids is 3. The van der Waals surface area contributed by atoms with Gasteiger partial charge >= 0.3 is 23.9 Å². The molecule has 1 aliphatic heterocycles. The van der Waals surface area contributed by atoms with Gasteiger partial charge in [-0.2, -0.15) is 0 Å². The van der Waals surface area contributed by atoms with E-state index in [4.69, 9.17) is 23.7 Å².